The van der Waals surface area contributed by atoms with Crippen LogP contribution in [0.3, 0.4) is 0 Å². The van der Waals surface area contributed by atoms with Crippen LogP contribution in [0.15, 0.2) is 18.2 Å². The molecule has 15 heavy (non-hydrogen) atoms. The molecule has 3 N–H and O–H groups in total. The molecule has 84 valence electrons. The van der Waals surface area contributed by atoms with Crippen molar-refractivity contribution in [2.45, 2.75) is 26.8 Å². The van der Waals surface area contributed by atoms with Gasteiger partial charge in [-0.3, -0.25) is 11.3 Å². The molecule has 0 saturated heterocycles. The molecule has 0 bridgehead atoms. The van der Waals surface area contributed by atoms with E-state index in [-0.39, 0.29) is 6.04 Å². The van der Waals surface area contributed by atoms with Crippen LogP contribution in [0.1, 0.15) is 29.7 Å². The molecule has 0 aliphatic carbocycles. The summed E-state index contributed by atoms with van der Waals surface area (Å²) in [6.45, 7) is 7.47. The maximum atomic E-state index is 5.53. The van der Waals surface area contributed by atoms with E-state index in [2.05, 4.69) is 37.5 Å². The lowest BCUT2D eigenvalue weighted by Gasteiger charge is -2.18. The Morgan fingerprint density at radius 3 is 2.73 bits per heavy atom. The third kappa shape index (κ3) is 3.30. The summed E-state index contributed by atoms with van der Waals surface area (Å²) in [5.74, 6) is 5.53. The maximum Gasteiger partial charge on any atom is 0.0696 e. The molecule has 0 saturated carbocycles. The molecular weight excluding hydrogens is 188 g/mol. The number of hydrogen-bond donors (Lipinski definition) is 2. The van der Waals surface area contributed by atoms with Gasteiger partial charge in [0, 0.05) is 6.61 Å². The van der Waals surface area contributed by atoms with Crippen molar-refractivity contribution in [1.29, 1.82) is 0 Å². The molecule has 0 aromatic heterocycles. The van der Waals surface area contributed by atoms with Gasteiger partial charge < -0.3 is 4.74 Å². The summed E-state index contributed by atoms with van der Waals surface area (Å²) < 4.78 is 5.39. The Morgan fingerprint density at radius 2 is 2.13 bits per heavy atom. The van der Waals surface area contributed by atoms with Crippen molar-refractivity contribution in [3.8, 4) is 0 Å². The number of rotatable bonds is 5. The van der Waals surface area contributed by atoms with Crippen molar-refractivity contribution in [1.82, 2.24) is 5.43 Å². The fourth-order valence-electron chi connectivity index (χ4n) is 1.60. The zero-order valence-corrected chi connectivity index (χ0v) is 9.71. The zero-order valence-electron chi connectivity index (χ0n) is 9.71. The lowest BCUT2D eigenvalue weighted by molar-refractivity contribution is 0.123. The van der Waals surface area contributed by atoms with Gasteiger partial charge in [-0.05, 0) is 31.9 Å². The molecule has 1 aromatic rings. The number of nitrogens with one attached hydrogen (secondary N) is 1. The molecule has 0 amide bonds. The average molecular weight is 208 g/mol. The molecule has 0 aliphatic heterocycles. The van der Waals surface area contributed by atoms with Crippen molar-refractivity contribution in [3.05, 3.63) is 34.9 Å². The SMILES string of the molecule is CCOCC(NN)c1cc(C)ccc1C. The third-order valence-corrected chi connectivity index (χ3v) is 2.50. The number of hydrogen-bond acceptors (Lipinski definition) is 3. The maximum absolute atomic E-state index is 5.53. The zero-order chi connectivity index (χ0) is 11.3. The smallest absolute Gasteiger partial charge is 0.0696 e. The van der Waals surface area contributed by atoms with Crippen LogP contribution in [-0.4, -0.2) is 13.2 Å². The molecule has 0 fully saturated rings. The van der Waals surface area contributed by atoms with E-state index in [1.54, 1.807) is 0 Å². The predicted molar refractivity (Wildman–Crippen MR) is 62.5 cm³/mol. The quantitative estimate of drug-likeness (QED) is 0.573. The summed E-state index contributed by atoms with van der Waals surface area (Å²) in [6, 6.07) is 6.44. The molecule has 0 heterocycles. The number of benzene rings is 1. The van der Waals surface area contributed by atoms with Gasteiger partial charge in [0.15, 0.2) is 0 Å². The minimum absolute atomic E-state index is 0.0739. The highest BCUT2D eigenvalue weighted by Gasteiger charge is 2.11. The van der Waals surface area contributed by atoms with Crippen LogP contribution in [0.4, 0.5) is 0 Å². The summed E-state index contributed by atoms with van der Waals surface area (Å²) in [6.07, 6.45) is 0. The summed E-state index contributed by atoms with van der Waals surface area (Å²) in [5, 5.41) is 0. The van der Waals surface area contributed by atoms with Crippen LogP contribution in [-0.2, 0) is 4.74 Å². The standard InChI is InChI=1S/C12H20N2O/c1-4-15-8-12(14-13)11-7-9(2)5-6-10(11)3/h5-7,12,14H,4,8,13H2,1-3H3. The van der Waals surface area contributed by atoms with Crippen LogP contribution in [0.2, 0.25) is 0 Å². The van der Waals surface area contributed by atoms with Crippen molar-refractivity contribution in [2.75, 3.05) is 13.2 Å². The van der Waals surface area contributed by atoms with Crippen molar-refractivity contribution in [2.24, 2.45) is 5.84 Å². The normalized spacial score (nSPS) is 12.8. The van der Waals surface area contributed by atoms with E-state index in [4.69, 9.17) is 10.6 Å². The van der Waals surface area contributed by atoms with Gasteiger partial charge in [-0.25, -0.2) is 0 Å². The van der Waals surface area contributed by atoms with Crippen molar-refractivity contribution < 1.29 is 4.74 Å². The highest BCUT2D eigenvalue weighted by molar-refractivity contribution is 5.32. The van der Waals surface area contributed by atoms with Crippen molar-refractivity contribution >= 4 is 0 Å². The Balaban J connectivity index is 2.85. The molecule has 3 nitrogen and oxygen atoms in total. The van der Waals surface area contributed by atoms with Gasteiger partial charge >= 0.3 is 0 Å². The van der Waals surface area contributed by atoms with Gasteiger partial charge in [-0.2, -0.15) is 0 Å². The number of ether oxygens (including phenoxy) is 1. The molecular formula is C12H20N2O. The second-order valence-electron chi connectivity index (χ2n) is 3.74. The van der Waals surface area contributed by atoms with Crippen LogP contribution in [0.5, 0.6) is 0 Å². The van der Waals surface area contributed by atoms with E-state index in [0.717, 1.165) is 0 Å². The monoisotopic (exact) mass is 208 g/mol. The van der Waals surface area contributed by atoms with E-state index >= 15 is 0 Å². The van der Waals surface area contributed by atoms with E-state index in [1.165, 1.54) is 16.7 Å². The average Bonchev–Trinajstić information content (AvgIpc) is 2.24. The first-order valence-electron chi connectivity index (χ1n) is 5.30. The van der Waals surface area contributed by atoms with Crippen LogP contribution in [0.25, 0.3) is 0 Å². The third-order valence-electron chi connectivity index (χ3n) is 2.50. The number of aryl methyl sites for hydroxylation is 2. The van der Waals surface area contributed by atoms with Crippen molar-refractivity contribution in [3.63, 3.8) is 0 Å². The van der Waals surface area contributed by atoms with E-state index in [1.807, 2.05) is 6.92 Å². The van der Waals surface area contributed by atoms with Gasteiger partial charge in [0.1, 0.15) is 0 Å². The van der Waals surface area contributed by atoms with Crippen LogP contribution in [0, 0.1) is 13.8 Å². The van der Waals surface area contributed by atoms with E-state index in [9.17, 15) is 0 Å². The molecule has 0 spiro atoms. The second-order valence-corrected chi connectivity index (χ2v) is 3.74. The number of hydrazine groups is 1. The fourth-order valence-corrected chi connectivity index (χ4v) is 1.60. The lowest BCUT2D eigenvalue weighted by Crippen LogP contribution is -2.32. The fraction of sp³-hybridized carbons (Fsp3) is 0.500. The highest BCUT2D eigenvalue weighted by Crippen LogP contribution is 2.18. The Bertz CT molecular complexity index is 312. The Labute approximate surface area is 91.6 Å². The summed E-state index contributed by atoms with van der Waals surface area (Å²) in [7, 11) is 0. The van der Waals surface area contributed by atoms with Gasteiger partial charge in [-0.1, -0.05) is 23.8 Å². The first-order valence-corrected chi connectivity index (χ1v) is 5.30. The first-order chi connectivity index (χ1) is 7.19. The van der Waals surface area contributed by atoms with Gasteiger partial charge in [0.25, 0.3) is 0 Å². The minimum atomic E-state index is 0.0739. The van der Waals surface area contributed by atoms with E-state index in [0.29, 0.717) is 13.2 Å². The second kappa shape index (κ2) is 5.85. The number of nitrogens with two attached hydrogens (primary N) is 1. The lowest BCUT2D eigenvalue weighted by atomic mass is 10.00. The minimum Gasteiger partial charge on any atom is -0.380 e. The topological polar surface area (TPSA) is 47.3 Å². The molecule has 3 heteroatoms. The van der Waals surface area contributed by atoms with E-state index < -0.39 is 0 Å². The summed E-state index contributed by atoms with van der Waals surface area (Å²) in [5.41, 5.74) is 6.49. The molecule has 1 rings (SSSR count). The Hall–Kier alpha value is -0.900. The van der Waals surface area contributed by atoms with Gasteiger partial charge in [0.05, 0.1) is 12.6 Å². The largest absolute Gasteiger partial charge is 0.380 e. The predicted octanol–water partition coefficient (Wildman–Crippen LogP) is 1.84. The van der Waals surface area contributed by atoms with Crippen LogP contribution >= 0.6 is 0 Å². The Kier molecular flexibility index (Phi) is 4.75. The molecule has 0 aliphatic rings. The van der Waals surface area contributed by atoms with Gasteiger partial charge in [0.2, 0.25) is 0 Å². The summed E-state index contributed by atoms with van der Waals surface area (Å²) in [4.78, 5) is 0. The molecule has 1 aromatic carbocycles. The van der Waals surface area contributed by atoms with Gasteiger partial charge in [-0.15, -0.1) is 0 Å². The molecule has 0 radical (unpaired) electrons. The first kappa shape index (κ1) is 12.2. The molecule has 1 atom stereocenters. The summed E-state index contributed by atoms with van der Waals surface area (Å²) >= 11 is 0. The highest BCUT2D eigenvalue weighted by atomic mass is 16.5. The van der Waals surface area contributed by atoms with Crippen LogP contribution < -0.4 is 11.3 Å². The molecule has 1 unspecified atom stereocenters. The Morgan fingerprint density at radius 1 is 1.40 bits per heavy atom.